The van der Waals surface area contributed by atoms with Gasteiger partial charge < -0.3 is 54.4 Å². The van der Waals surface area contributed by atoms with Crippen LogP contribution in [-0.4, -0.2) is 111 Å². The van der Waals surface area contributed by atoms with Crippen molar-refractivity contribution in [1.29, 1.82) is 0 Å². The molecule has 3 aromatic rings. The van der Waals surface area contributed by atoms with Crippen molar-refractivity contribution in [3.8, 4) is 17.5 Å². The molecular formula is C34H42F3N7O10. The van der Waals surface area contributed by atoms with Gasteiger partial charge in [-0.1, -0.05) is 12.1 Å². The molecule has 6 bridgehead atoms. The summed E-state index contributed by atoms with van der Waals surface area (Å²) in [5.41, 5.74) is 0.198. The van der Waals surface area contributed by atoms with Gasteiger partial charge in [0.1, 0.15) is 36.4 Å². The highest BCUT2D eigenvalue weighted by Crippen LogP contribution is 2.27. The first kappa shape index (κ1) is 41.1. The molecule has 4 N–H and O–H groups in total. The monoisotopic (exact) mass is 765 g/mol. The summed E-state index contributed by atoms with van der Waals surface area (Å²) in [5, 5.41) is 10.8. The highest BCUT2D eigenvalue weighted by molar-refractivity contribution is 5.99. The number of nitrogens with zero attached hydrogens (tertiary/aromatic N) is 3. The van der Waals surface area contributed by atoms with Crippen LogP contribution in [0.1, 0.15) is 36.7 Å². The number of nitrogens with one attached hydrogen (secondary N) is 4. The van der Waals surface area contributed by atoms with Crippen molar-refractivity contribution in [2.75, 3.05) is 70.5 Å². The molecule has 2 aromatic carbocycles. The zero-order valence-electron chi connectivity index (χ0n) is 30.0. The Hall–Kier alpha value is -5.63. The molecular weight excluding hydrogens is 723 g/mol. The molecule has 0 unspecified atom stereocenters. The van der Waals surface area contributed by atoms with Gasteiger partial charge in [-0.3, -0.25) is 4.79 Å². The van der Waals surface area contributed by atoms with Crippen molar-refractivity contribution in [2.45, 2.75) is 45.1 Å². The van der Waals surface area contributed by atoms with E-state index in [9.17, 15) is 27.6 Å². The third kappa shape index (κ3) is 14.4. The Morgan fingerprint density at radius 2 is 1.56 bits per heavy atom. The molecule has 294 valence electrons. The number of methoxy groups -OCH3 is 1. The molecule has 0 radical (unpaired) electrons. The Labute approximate surface area is 308 Å². The average molecular weight is 766 g/mol. The number of benzene rings is 2. The molecule has 0 saturated carbocycles. The van der Waals surface area contributed by atoms with Gasteiger partial charge in [-0.25, -0.2) is 9.59 Å². The number of amides is 2. The Bertz CT molecular complexity index is 1710. The second kappa shape index (κ2) is 19.4. The Kier molecular flexibility index (Phi) is 14.8. The molecule has 2 aliphatic rings. The minimum Gasteiger partial charge on any atom is -0.491 e. The predicted molar refractivity (Wildman–Crippen MR) is 185 cm³/mol. The van der Waals surface area contributed by atoms with Crippen LogP contribution in [0.3, 0.4) is 0 Å². The van der Waals surface area contributed by atoms with Gasteiger partial charge in [0, 0.05) is 18.3 Å². The highest BCUT2D eigenvalue weighted by atomic mass is 19.4. The van der Waals surface area contributed by atoms with Crippen molar-refractivity contribution in [3.05, 3.63) is 53.6 Å². The van der Waals surface area contributed by atoms with Crippen molar-refractivity contribution in [2.24, 2.45) is 0 Å². The number of carbonyl (C=O) groups excluding carboxylic acids is 3. The molecule has 5 rings (SSSR count). The summed E-state index contributed by atoms with van der Waals surface area (Å²) in [6.45, 7) is 4.37. The van der Waals surface area contributed by atoms with Crippen molar-refractivity contribution < 1.29 is 60.7 Å². The van der Waals surface area contributed by atoms with Crippen LogP contribution >= 0.6 is 0 Å². The molecule has 54 heavy (non-hydrogen) atoms. The normalized spacial score (nSPS) is 14.8. The summed E-state index contributed by atoms with van der Waals surface area (Å²) >= 11 is 0. The van der Waals surface area contributed by atoms with E-state index in [1.54, 1.807) is 45.0 Å². The van der Waals surface area contributed by atoms with Gasteiger partial charge in [-0.2, -0.15) is 28.1 Å². The minimum absolute atomic E-state index is 0.0146. The number of hydrogen-bond acceptors (Lipinski definition) is 15. The lowest BCUT2D eigenvalue weighted by atomic mass is 10.1. The molecule has 17 nitrogen and oxygen atoms in total. The molecule has 3 heterocycles. The maximum Gasteiger partial charge on any atom is 0.422 e. The lowest BCUT2D eigenvalue weighted by molar-refractivity contribution is -0.154. The first-order valence-electron chi connectivity index (χ1n) is 16.6. The fraction of sp³-hybridized carbons (Fsp3) is 0.471. The van der Waals surface area contributed by atoms with Crippen LogP contribution in [0.25, 0.3) is 0 Å². The number of esters is 1. The Morgan fingerprint density at radius 3 is 2.22 bits per heavy atom. The lowest BCUT2D eigenvalue weighted by Gasteiger charge is -2.22. The quantitative estimate of drug-likeness (QED) is 0.200. The van der Waals surface area contributed by atoms with Gasteiger partial charge in [0.15, 0.2) is 6.61 Å². The number of alkyl halides is 3. The van der Waals surface area contributed by atoms with Gasteiger partial charge >= 0.3 is 24.2 Å². The number of hydrogen-bond donors (Lipinski definition) is 4. The van der Waals surface area contributed by atoms with Crippen LogP contribution in [0.15, 0.2) is 42.5 Å². The van der Waals surface area contributed by atoms with Crippen LogP contribution < -0.4 is 35.5 Å². The van der Waals surface area contributed by atoms with Gasteiger partial charge in [0.05, 0.1) is 45.6 Å². The minimum atomic E-state index is -4.66. The summed E-state index contributed by atoms with van der Waals surface area (Å²) in [5.74, 6) is -1.29. The molecule has 0 aliphatic carbocycles. The number of carbonyl (C=O) groups is 3. The molecule has 2 aliphatic heterocycles. The van der Waals surface area contributed by atoms with Crippen LogP contribution in [-0.2, 0) is 30.3 Å². The summed E-state index contributed by atoms with van der Waals surface area (Å²) in [6, 6.07) is 9.39. The number of rotatable bonds is 7. The molecule has 2 amide bonds. The Morgan fingerprint density at radius 1 is 0.889 bits per heavy atom. The van der Waals surface area contributed by atoms with E-state index in [0.29, 0.717) is 12.4 Å². The van der Waals surface area contributed by atoms with E-state index >= 15 is 0 Å². The van der Waals surface area contributed by atoms with Gasteiger partial charge in [-0.05, 0) is 50.6 Å². The van der Waals surface area contributed by atoms with E-state index in [0.717, 1.165) is 12.7 Å². The third-order valence-corrected chi connectivity index (χ3v) is 6.83. The maximum absolute atomic E-state index is 13.5. The zero-order chi connectivity index (χ0) is 39.1. The van der Waals surface area contributed by atoms with Crippen molar-refractivity contribution >= 4 is 35.6 Å². The summed E-state index contributed by atoms with van der Waals surface area (Å²) < 4.78 is 76.6. The van der Waals surface area contributed by atoms with E-state index in [4.69, 9.17) is 33.2 Å². The standard InChI is InChI=1S/C34H42F3N7O10/c1-33(2,3)54-32(47)39-19-25(28(46)48-4)41-27(45)24-10-7-22-17-26(24)52-16-14-50-12-11-49-13-15-51-23-8-5-21(6-9-23)18-38-29-42-30(40-22)44-31(43-29)53-20-34(35,36)37/h5-10,17,25H,11-16,18-20H2,1-4H3,(H,39,47)(H,41,45)(H2,38,40,42,43,44)/t25-/m0/s1. The van der Waals surface area contributed by atoms with Crippen LogP contribution in [0.4, 0.5) is 35.5 Å². The number of anilines is 3. The molecule has 20 heteroatoms. The predicted octanol–water partition coefficient (Wildman–Crippen LogP) is 3.77. The van der Waals surface area contributed by atoms with E-state index in [1.807, 2.05) is 0 Å². The fourth-order valence-corrected chi connectivity index (χ4v) is 4.45. The summed E-state index contributed by atoms with van der Waals surface area (Å²) in [6.07, 6.45) is -5.47. The van der Waals surface area contributed by atoms with Gasteiger partial charge in [-0.15, -0.1) is 0 Å². The third-order valence-electron chi connectivity index (χ3n) is 6.83. The zero-order valence-corrected chi connectivity index (χ0v) is 30.0. The lowest BCUT2D eigenvalue weighted by Crippen LogP contribution is -2.49. The van der Waals surface area contributed by atoms with E-state index in [1.165, 1.54) is 18.2 Å². The fourth-order valence-electron chi connectivity index (χ4n) is 4.45. The van der Waals surface area contributed by atoms with Crippen LogP contribution in [0, 0.1) is 0 Å². The molecule has 1 atom stereocenters. The SMILES string of the molecule is COC(=O)[C@H](CNC(=O)OC(C)(C)C)NC(=O)c1ccc2cc1OCCOCCOCCOc1ccc(cc1)CNc1nc(nc(OCC(F)(F)F)n1)N2. The van der Waals surface area contributed by atoms with E-state index in [2.05, 4.69) is 36.2 Å². The number of fused-ring (bicyclic) bond motifs is 12. The van der Waals surface area contributed by atoms with Gasteiger partial charge in [0.2, 0.25) is 11.9 Å². The van der Waals surface area contributed by atoms with Crippen molar-refractivity contribution in [1.82, 2.24) is 25.6 Å². The van der Waals surface area contributed by atoms with Crippen LogP contribution in [0.5, 0.6) is 17.5 Å². The summed E-state index contributed by atoms with van der Waals surface area (Å²) in [4.78, 5) is 50.5. The second-order valence-corrected chi connectivity index (χ2v) is 12.4. The first-order chi connectivity index (χ1) is 25.7. The highest BCUT2D eigenvalue weighted by Gasteiger charge is 2.30. The number of halogens is 3. The smallest absolute Gasteiger partial charge is 0.422 e. The molecule has 0 fully saturated rings. The topological polar surface area (TPSA) is 203 Å². The number of ether oxygens (including phenoxy) is 7. The first-order valence-corrected chi connectivity index (χ1v) is 16.6. The van der Waals surface area contributed by atoms with E-state index < -0.39 is 48.4 Å². The van der Waals surface area contributed by atoms with Gasteiger partial charge in [0.25, 0.3) is 5.91 Å². The van der Waals surface area contributed by atoms with E-state index in [-0.39, 0.29) is 75.0 Å². The molecule has 0 saturated heterocycles. The van der Waals surface area contributed by atoms with Crippen LogP contribution in [0.2, 0.25) is 0 Å². The number of alkyl carbamates (subject to hydrolysis) is 1. The largest absolute Gasteiger partial charge is 0.491 e. The Balaban J connectivity index is 1.60. The number of aromatic nitrogens is 3. The molecule has 1 aromatic heterocycles. The molecule has 0 spiro atoms. The maximum atomic E-state index is 13.5. The van der Waals surface area contributed by atoms with Crippen molar-refractivity contribution in [3.63, 3.8) is 0 Å². The second-order valence-electron chi connectivity index (χ2n) is 12.4. The average Bonchev–Trinajstić information content (AvgIpc) is 3.11. The summed E-state index contributed by atoms with van der Waals surface area (Å²) in [7, 11) is 1.12.